The highest BCUT2D eigenvalue weighted by molar-refractivity contribution is 7.98. The van der Waals surface area contributed by atoms with E-state index in [4.69, 9.17) is 5.11 Å². The molecule has 1 N–H and O–H groups in total. The molecule has 0 unspecified atom stereocenters. The number of carboxylic acid groups (broad SMARTS) is 1. The highest BCUT2D eigenvalue weighted by Gasteiger charge is 2.34. The van der Waals surface area contributed by atoms with Crippen LogP contribution in [-0.4, -0.2) is 21.0 Å². The Kier molecular flexibility index (Phi) is 6.24. The van der Waals surface area contributed by atoms with Gasteiger partial charge in [0, 0.05) is 21.1 Å². The van der Waals surface area contributed by atoms with Crippen molar-refractivity contribution in [1.82, 2.24) is 9.97 Å². The molecule has 2 aromatic carbocycles. The third kappa shape index (κ3) is 4.94. The number of thiazole rings is 2. The zero-order valence-corrected chi connectivity index (χ0v) is 18.8. The van der Waals surface area contributed by atoms with Crippen LogP contribution in [0.4, 0.5) is 17.6 Å². The van der Waals surface area contributed by atoms with Gasteiger partial charge >= 0.3 is 12.1 Å². The number of halogens is 4. The third-order valence-electron chi connectivity index (χ3n) is 4.49. The summed E-state index contributed by atoms with van der Waals surface area (Å²) in [5, 5.41) is 9.92. The summed E-state index contributed by atoms with van der Waals surface area (Å²) < 4.78 is 53.2. The molecule has 0 saturated heterocycles. The van der Waals surface area contributed by atoms with Crippen LogP contribution in [0.15, 0.2) is 41.3 Å². The molecule has 0 spiro atoms. The van der Waals surface area contributed by atoms with Crippen LogP contribution in [0.1, 0.15) is 21.1 Å². The molecule has 0 fully saturated rings. The topological polar surface area (TPSA) is 63.1 Å². The second kappa shape index (κ2) is 8.80. The molecule has 0 aliphatic carbocycles. The smallest absolute Gasteiger partial charge is 0.419 e. The number of nitrogens with zero attached hydrogens (tertiary/aromatic N) is 2. The Hall–Kier alpha value is -2.50. The van der Waals surface area contributed by atoms with E-state index < -0.39 is 23.5 Å². The molecule has 2 aromatic heterocycles. The van der Waals surface area contributed by atoms with Crippen LogP contribution in [0.25, 0.3) is 20.8 Å². The molecule has 0 bridgehead atoms. The van der Waals surface area contributed by atoms with E-state index in [0.29, 0.717) is 21.3 Å². The molecular weight excluding hydrogens is 484 g/mol. The molecular formula is C21H14F4N2O2S3. The normalized spacial score (nSPS) is 11.9. The molecule has 0 radical (unpaired) electrons. The first-order valence-electron chi connectivity index (χ1n) is 9.17. The van der Waals surface area contributed by atoms with Gasteiger partial charge in [-0.2, -0.15) is 13.2 Å². The van der Waals surface area contributed by atoms with Crippen molar-refractivity contribution in [2.75, 3.05) is 0 Å². The second-order valence-corrected chi connectivity index (χ2v) is 10.1. The van der Waals surface area contributed by atoms with Crippen molar-refractivity contribution in [3.8, 4) is 10.6 Å². The standard InChI is InChI=1S/C21H14F4N2O2S3/c1-10-17(32-20(26-10)11-2-4-13(14(22)6-11)21(23,24)25)9-30-12-3-5-15-16(7-12)31-18(27-15)8-19(28)29/h2-7H,8-9H2,1H3,(H,28,29). The van der Waals surface area contributed by atoms with Crippen LogP contribution in [0.3, 0.4) is 0 Å². The molecule has 4 nitrogen and oxygen atoms in total. The van der Waals surface area contributed by atoms with Gasteiger partial charge in [-0.15, -0.1) is 34.4 Å². The van der Waals surface area contributed by atoms with Crippen LogP contribution in [0, 0.1) is 12.7 Å². The van der Waals surface area contributed by atoms with E-state index in [0.717, 1.165) is 37.8 Å². The van der Waals surface area contributed by atoms with E-state index in [1.807, 2.05) is 18.2 Å². The van der Waals surface area contributed by atoms with Gasteiger partial charge in [0.15, 0.2) is 0 Å². The second-order valence-electron chi connectivity index (χ2n) is 6.82. The lowest BCUT2D eigenvalue weighted by atomic mass is 10.1. The first-order chi connectivity index (χ1) is 15.1. The van der Waals surface area contributed by atoms with Crippen molar-refractivity contribution in [2.24, 2.45) is 0 Å². The molecule has 2 heterocycles. The minimum Gasteiger partial charge on any atom is -0.481 e. The monoisotopic (exact) mass is 498 g/mol. The van der Waals surface area contributed by atoms with E-state index in [-0.39, 0.29) is 6.42 Å². The predicted molar refractivity (Wildman–Crippen MR) is 118 cm³/mol. The van der Waals surface area contributed by atoms with Crippen LogP contribution < -0.4 is 0 Å². The summed E-state index contributed by atoms with van der Waals surface area (Å²) in [7, 11) is 0. The average molecular weight is 499 g/mol. The van der Waals surface area contributed by atoms with Gasteiger partial charge in [0.2, 0.25) is 0 Å². The first kappa shape index (κ1) is 22.7. The fourth-order valence-electron chi connectivity index (χ4n) is 2.96. The summed E-state index contributed by atoms with van der Waals surface area (Å²) in [5.74, 6) is -1.67. The Bertz CT molecular complexity index is 1310. The largest absolute Gasteiger partial charge is 0.481 e. The minimum atomic E-state index is -4.74. The van der Waals surface area contributed by atoms with Crippen LogP contribution in [0.5, 0.6) is 0 Å². The van der Waals surface area contributed by atoms with Gasteiger partial charge in [0.05, 0.1) is 27.9 Å². The summed E-state index contributed by atoms with van der Waals surface area (Å²) in [6, 6.07) is 8.53. The fraction of sp³-hybridized carbons (Fsp3) is 0.190. The van der Waals surface area contributed by atoms with Crippen molar-refractivity contribution < 1.29 is 27.5 Å². The van der Waals surface area contributed by atoms with E-state index in [1.165, 1.54) is 28.7 Å². The molecule has 0 aliphatic heterocycles. The maximum atomic E-state index is 13.9. The highest BCUT2D eigenvalue weighted by atomic mass is 32.2. The molecule has 4 rings (SSSR count). The summed E-state index contributed by atoms with van der Waals surface area (Å²) in [5.41, 5.74) is 0.490. The van der Waals surface area contributed by atoms with Gasteiger partial charge in [-0.3, -0.25) is 4.79 Å². The van der Waals surface area contributed by atoms with E-state index >= 15 is 0 Å². The molecule has 32 heavy (non-hydrogen) atoms. The molecule has 11 heteroatoms. The van der Waals surface area contributed by atoms with Gasteiger partial charge in [-0.25, -0.2) is 14.4 Å². The zero-order valence-electron chi connectivity index (χ0n) is 16.4. The van der Waals surface area contributed by atoms with Gasteiger partial charge in [-0.1, -0.05) is 6.07 Å². The summed E-state index contributed by atoms with van der Waals surface area (Å²) in [4.78, 5) is 21.5. The number of carboxylic acids is 1. The van der Waals surface area contributed by atoms with Crippen molar-refractivity contribution in [1.29, 1.82) is 0 Å². The number of alkyl halides is 3. The molecule has 0 amide bonds. The number of benzene rings is 2. The van der Waals surface area contributed by atoms with Gasteiger partial charge in [-0.05, 0) is 37.3 Å². The summed E-state index contributed by atoms with van der Waals surface area (Å²) in [6.45, 7) is 1.81. The molecule has 166 valence electrons. The Morgan fingerprint density at radius 1 is 1.12 bits per heavy atom. The Morgan fingerprint density at radius 2 is 1.91 bits per heavy atom. The number of hydrogen-bond acceptors (Lipinski definition) is 6. The fourth-order valence-corrected chi connectivity index (χ4v) is 6.17. The van der Waals surface area contributed by atoms with Crippen molar-refractivity contribution in [2.45, 2.75) is 30.2 Å². The highest BCUT2D eigenvalue weighted by Crippen LogP contribution is 2.37. The molecule has 0 atom stereocenters. The number of aromatic nitrogens is 2. The van der Waals surface area contributed by atoms with E-state index in [9.17, 15) is 22.4 Å². The number of aliphatic carboxylic acids is 1. The average Bonchev–Trinajstić information content (AvgIpc) is 3.26. The van der Waals surface area contributed by atoms with Crippen LogP contribution >= 0.6 is 34.4 Å². The SMILES string of the molecule is Cc1nc(-c2ccc(C(F)(F)F)c(F)c2)sc1CSc1ccc2nc(CC(=O)O)sc2c1. The Labute approximate surface area is 192 Å². The van der Waals surface area contributed by atoms with Crippen LogP contribution in [0.2, 0.25) is 0 Å². The van der Waals surface area contributed by atoms with Crippen molar-refractivity contribution >= 4 is 50.6 Å². The first-order valence-corrected chi connectivity index (χ1v) is 11.8. The molecule has 0 saturated carbocycles. The lowest BCUT2D eigenvalue weighted by Crippen LogP contribution is -2.07. The Balaban J connectivity index is 1.50. The van der Waals surface area contributed by atoms with Gasteiger partial charge < -0.3 is 5.11 Å². The van der Waals surface area contributed by atoms with E-state index in [1.54, 1.807) is 18.7 Å². The maximum Gasteiger partial charge on any atom is 0.419 e. The Morgan fingerprint density at radius 3 is 2.59 bits per heavy atom. The third-order valence-corrected chi connectivity index (χ3v) is 7.92. The number of thioether (sulfide) groups is 1. The number of carbonyl (C=O) groups is 1. The van der Waals surface area contributed by atoms with E-state index in [2.05, 4.69) is 9.97 Å². The number of rotatable bonds is 6. The summed E-state index contributed by atoms with van der Waals surface area (Å²) in [6.07, 6.45) is -4.86. The molecule has 0 aliphatic rings. The number of fused-ring (bicyclic) bond motifs is 1. The van der Waals surface area contributed by atoms with Gasteiger partial charge in [0.25, 0.3) is 0 Å². The van der Waals surface area contributed by atoms with Gasteiger partial charge in [0.1, 0.15) is 15.8 Å². The van der Waals surface area contributed by atoms with Crippen molar-refractivity contribution in [3.05, 3.63) is 63.4 Å². The maximum absolute atomic E-state index is 13.9. The lowest BCUT2D eigenvalue weighted by molar-refractivity contribution is -0.140. The lowest BCUT2D eigenvalue weighted by Gasteiger charge is -2.08. The number of aryl methyl sites for hydroxylation is 1. The quantitative estimate of drug-likeness (QED) is 0.234. The minimum absolute atomic E-state index is 0.116. The number of hydrogen-bond donors (Lipinski definition) is 1. The van der Waals surface area contributed by atoms with Crippen molar-refractivity contribution in [3.63, 3.8) is 0 Å². The molecule has 4 aromatic rings. The zero-order chi connectivity index (χ0) is 23.0. The van der Waals surface area contributed by atoms with Crippen LogP contribution in [-0.2, 0) is 23.1 Å². The predicted octanol–water partition coefficient (Wildman–Crippen LogP) is 6.81. The summed E-state index contributed by atoms with van der Waals surface area (Å²) >= 11 is 4.21.